The number of nitrogens with zero attached hydrogens (tertiary/aromatic N) is 1. The first-order chi connectivity index (χ1) is 14.4. The summed E-state index contributed by atoms with van der Waals surface area (Å²) >= 11 is 6.16. The van der Waals surface area contributed by atoms with E-state index in [1.54, 1.807) is 12.1 Å². The molecule has 0 radical (unpaired) electrons. The summed E-state index contributed by atoms with van der Waals surface area (Å²) in [5.74, 6) is 0.0168. The lowest BCUT2D eigenvalue weighted by Gasteiger charge is -2.11. The van der Waals surface area contributed by atoms with Crippen LogP contribution in [0, 0.1) is 0 Å². The fraction of sp³-hybridized carbons (Fsp3) is 0.318. The molecule has 0 aliphatic heterocycles. The van der Waals surface area contributed by atoms with E-state index >= 15 is 0 Å². The minimum atomic E-state index is -2.26. The van der Waals surface area contributed by atoms with Gasteiger partial charge in [-0.2, -0.15) is 0 Å². The number of carbonyl (C=O) groups excluding carboxylic acids is 1. The van der Waals surface area contributed by atoms with Gasteiger partial charge < -0.3 is 10.3 Å². The van der Waals surface area contributed by atoms with Gasteiger partial charge in [0, 0.05) is 32.7 Å². The molecule has 0 spiro atoms. The number of benzene rings is 2. The van der Waals surface area contributed by atoms with Crippen LogP contribution in [0.5, 0.6) is 5.75 Å². The number of primary amides is 1. The van der Waals surface area contributed by atoms with E-state index in [1.165, 1.54) is 0 Å². The Morgan fingerprint density at radius 1 is 1.20 bits per heavy atom. The average Bonchev–Trinajstić information content (AvgIpc) is 2.98. The lowest BCUT2D eigenvalue weighted by Crippen LogP contribution is -2.15. The van der Waals surface area contributed by atoms with Crippen LogP contribution in [-0.2, 0) is 33.3 Å². The van der Waals surface area contributed by atoms with Crippen molar-refractivity contribution >= 4 is 36.7 Å². The quantitative estimate of drug-likeness (QED) is 0.422. The molecule has 158 valence electrons. The molecule has 3 rings (SSSR count). The Kier molecular flexibility index (Phi) is 7.48. The normalized spacial score (nSPS) is 11.6. The highest BCUT2D eigenvalue weighted by Crippen LogP contribution is 2.35. The highest BCUT2D eigenvalue weighted by Gasteiger charge is 2.24. The number of hydrogen-bond acceptors (Lipinski definition) is 4. The van der Waals surface area contributed by atoms with Crippen LogP contribution in [0.4, 0.5) is 0 Å². The van der Waals surface area contributed by atoms with Gasteiger partial charge in [0.05, 0.1) is 6.42 Å². The standard InChI is InChI=1S/C22H24ClN2O4P/c1-3-10-28-30(27)29-17-8-9-21-18(12-17)19(13-22(24)26)20(4-2)25(21)14-15-6-5-7-16(23)11-15/h5-9,11-12H,3-4,10,13-14H2,1-2H3,(H-,24,26)/p+1. The Labute approximate surface area is 181 Å². The molecule has 8 heteroatoms. The van der Waals surface area contributed by atoms with E-state index in [0.717, 1.165) is 40.6 Å². The lowest BCUT2D eigenvalue weighted by molar-refractivity contribution is -0.117. The second-order valence-electron chi connectivity index (χ2n) is 6.97. The molecule has 0 saturated heterocycles. The molecule has 0 fully saturated rings. The van der Waals surface area contributed by atoms with E-state index in [1.807, 2.05) is 44.2 Å². The zero-order valence-corrected chi connectivity index (χ0v) is 18.7. The molecule has 1 atom stereocenters. The van der Waals surface area contributed by atoms with Crippen molar-refractivity contribution in [2.45, 2.75) is 39.7 Å². The van der Waals surface area contributed by atoms with Gasteiger partial charge in [0.25, 0.3) is 0 Å². The maximum absolute atomic E-state index is 12.0. The first-order valence-electron chi connectivity index (χ1n) is 9.87. The SMILES string of the molecule is CCCO[P+](=O)Oc1ccc2c(c1)c(CC(N)=O)c(CC)n2Cc1cccc(Cl)c1. The van der Waals surface area contributed by atoms with Crippen molar-refractivity contribution in [3.05, 3.63) is 64.3 Å². The minimum Gasteiger partial charge on any atom is -0.369 e. The topological polar surface area (TPSA) is 83.6 Å². The van der Waals surface area contributed by atoms with E-state index in [0.29, 0.717) is 23.9 Å². The molecule has 2 N–H and O–H groups in total. The number of amides is 1. The molecule has 3 aromatic rings. The second kappa shape index (κ2) is 10.1. The van der Waals surface area contributed by atoms with Crippen molar-refractivity contribution in [3.63, 3.8) is 0 Å². The Balaban J connectivity index is 2.06. The largest absolute Gasteiger partial charge is 0.750 e. The fourth-order valence-corrected chi connectivity index (χ4v) is 4.45. The Morgan fingerprint density at radius 2 is 2.00 bits per heavy atom. The average molecular weight is 448 g/mol. The number of nitrogens with two attached hydrogens (primary N) is 1. The maximum Gasteiger partial charge on any atom is 0.750 e. The third-order valence-electron chi connectivity index (χ3n) is 4.75. The molecule has 0 aliphatic rings. The summed E-state index contributed by atoms with van der Waals surface area (Å²) in [7, 11) is -2.26. The lowest BCUT2D eigenvalue weighted by atomic mass is 10.1. The summed E-state index contributed by atoms with van der Waals surface area (Å²) in [6.45, 7) is 4.94. The predicted molar refractivity (Wildman–Crippen MR) is 119 cm³/mol. The molecule has 2 aromatic carbocycles. The highest BCUT2D eigenvalue weighted by atomic mass is 35.5. The minimum absolute atomic E-state index is 0.115. The van der Waals surface area contributed by atoms with Crippen molar-refractivity contribution < 1.29 is 18.4 Å². The molecular weight excluding hydrogens is 423 g/mol. The van der Waals surface area contributed by atoms with Gasteiger partial charge in [-0.25, -0.2) is 4.52 Å². The maximum atomic E-state index is 12.0. The summed E-state index contributed by atoms with van der Waals surface area (Å²) in [5.41, 5.74) is 9.41. The van der Waals surface area contributed by atoms with Crippen LogP contribution in [-0.4, -0.2) is 17.1 Å². The number of aromatic nitrogens is 1. The Morgan fingerprint density at radius 3 is 2.67 bits per heavy atom. The smallest absolute Gasteiger partial charge is 0.369 e. The van der Waals surface area contributed by atoms with Gasteiger partial charge in [-0.05, 0) is 54.3 Å². The van der Waals surface area contributed by atoms with Crippen molar-refractivity contribution in [1.82, 2.24) is 4.57 Å². The van der Waals surface area contributed by atoms with Gasteiger partial charge >= 0.3 is 8.25 Å². The first-order valence-corrected chi connectivity index (χ1v) is 11.3. The van der Waals surface area contributed by atoms with E-state index in [4.69, 9.17) is 26.4 Å². The fourth-order valence-electron chi connectivity index (χ4n) is 3.57. The molecule has 1 aromatic heterocycles. The van der Waals surface area contributed by atoms with Gasteiger partial charge in [-0.1, -0.05) is 37.6 Å². The molecule has 30 heavy (non-hydrogen) atoms. The Bertz CT molecular complexity index is 1080. The predicted octanol–water partition coefficient (Wildman–Crippen LogP) is 5.40. The molecule has 1 heterocycles. The van der Waals surface area contributed by atoms with Crippen LogP contribution in [0.15, 0.2) is 42.5 Å². The molecule has 6 nitrogen and oxygen atoms in total. The van der Waals surface area contributed by atoms with Gasteiger partial charge in [-0.15, -0.1) is 4.52 Å². The van der Waals surface area contributed by atoms with E-state index in [9.17, 15) is 9.36 Å². The van der Waals surface area contributed by atoms with E-state index < -0.39 is 14.2 Å². The molecule has 0 bridgehead atoms. The Hall–Kier alpha value is -2.40. The van der Waals surface area contributed by atoms with Crippen molar-refractivity contribution in [1.29, 1.82) is 0 Å². The summed E-state index contributed by atoms with van der Waals surface area (Å²) in [5, 5.41) is 1.52. The van der Waals surface area contributed by atoms with Crippen LogP contribution in [0.1, 0.15) is 37.1 Å². The van der Waals surface area contributed by atoms with Crippen LogP contribution in [0.2, 0.25) is 5.02 Å². The van der Waals surface area contributed by atoms with Crippen molar-refractivity contribution in [3.8, 4) is 5.75 Å². The van der Waals surface area contributed by atoms with Gasteiger partial charge in [0.1, 0.15) is 6.61 Å². The second-order valence-corrected chi connectivity index (χ2v) is 8.29. The van der Waals surface area contributed by atoms with Gasteiger partial charge in [-0.3, -0.25) is 4.79 Å². The zero-order chi connectivity index (χ0) is 21.7. The summed E-state index contributed by atoms with van der Waals surface area (Å²) in [4.78, 5) is 11.8. The van der Waals surface area contributed by atoms with Crippen LogP contribution in [0.25, 0.3) is 10.9 Å². The van der Waals surface area contributed by atoms with Crippen LogP contribution in [0.3, 0.4) is 0 Å². The first kappa shape index (κ1) is 22.3. The molecular formula is C22H25ClN2O4P+. The number of fused-ring (bicyclic) bond motifs is 1. The molecule has 0 saturated carbocycles. The van der Waals surface area contributed by atoms with Crippen LogP contribution >= 0.6 is 19.9 Å². The molecule has 1 unspecified atom stereocenters. The number of halogens is 1. The van der Waals surface area contributed by atoms with E-state index in [2.05, 4.69) is 4.57 Å². The molecule has 1 amide bonds. The summed E-state index contributed by atoms with van der Waals surface area (Å²) in [6, 6.07) is 13.1. The number of hydrogen-bond donors (Lipinski definition) is 1. The van der Waals surface area contributed by atoms with E-state index in [-0.39, 0.29) is 6.42 Å². The van der Waals surface area contributed by atoms with Gasteiger partial charge in [0.15, 0.2) is 5.75 Å². The number of rotatable bonds is 10. The number of carbonyl (C=O) groups is 1. The van der Waals surface area contributed by atoms with Crippen molar-refractivity contribution in [2.24, 2.45) is 5.73 Å². The summed E-state index contributed by atoms with van der Waals surface area (Å²) in [6.07, 6.45) is 1.59. The third kappa shape index (κ3) is 5.20. The zero-order valence-electron chi connectivity index (χ0n) is 17.1. The van der Waals surface area contributed by atoms with Crippen molar-refractivity contribution in [2.75, 3.05) is 6.61 Å². The summed E-state index contributed by atoms with van der Waals surface area (Å²) < 4.78 is 24.7. The van der Waals surface area contributed by atoms with Crippen LogP contribution < -0.4 is 10.3 Å². The molecule has 0 aliphatic carbocycles. The van der Waals surface area contributed by atoms with Gasteiger partial charge in [0.2, 0.25) is 5.91 Å². The highest BCUT2D eigenvalue weighted by molar-refractivity contribution is 7.33. The monoisotopic (exact) mass is 447 g/mol. The third-order valence-corrected chi connectivity index (χ3v) is 5.74.